The fourth-order valence-electron chi connectivity index (χ4n) is 3.87. The standard InChI is InChI=1S/C20H21N5O4/c1-22-17-11-14(21-19(26)13-7-3-4-8-15(13)25(28)29)16(24-9-5-6-10-24)12-18(17)23(2)20(22)27/h3-4,7-8,11-12H,5-6,9-10H2,1-2H3,(H,21,26). The third kappa shape index (κ3) is 3.14. The maximum Gasteiger partial charge on any atom is 0.328 e. The second kappa shape index (κ2) is 7.08. The first-order chi connectivity index (χ1) is 13.9. The SMILES string of the molecule is Cn1c(=O)n(C)c2cc(N3CCCC3)c(NC(=O)c3ccccc3[N+](=O)[O-])cc21. The molecule has 4 rings (SSSR count). The summed E-state index contributed by atoms with van der Waals surface area (Å²) in [5, 5.41) is 14.1. The lowest BCUT2D eigenvalue weighted by molar-refractivity contribution is -0.385. The number of rotatable bonds is 4. The van der Waals surface area contributed by atoms with Crippen LogP contribution in [0, 0.1) is 10.1 Å². The summed E-state index contributed by atoms with van der Waals surface area (Å²) in [6.07, 6.45) is 2.09. The maximum atomic E-state index is 12.9. The molecule has 2 heterocycles. The average Bonchev–Trinajstić information content (AvgIpc) is 3.32. The Hall–Kier alpha value is -3.62. The second-order valence-corrected chi connectivity index (χ2v) is 7.18. The average molecular weight is 395 g/mol. The number of anilines is 2. The number of hydrogen-bond acceptors (Lipinski definition) is 5. The number of nitrogens with zero attached hydrogens (tertiary/aromatic N) is 4. The maximum absolute atomic E-state index is 12.9. The number of aryl methyl sites for hydroxylation is 2. The summed E-state index contributed by atoms with van der Waals surface area (Å²) in [6, 6.07) is 9.51. The minimum absolute atomic E-state index is 0.00748. The van der Waals surface area contributed by atoms with Gasteiger partial charge in [0.2, 0.25) is 0 Å². The molecular weight excluding hydrogens is 374 g/mol. The van der Waals surface area contributed by atoms with Gasteiger partial charge in [-0.05, 0) is 31.0 Å². The van der Waals surface area contributed by atoms with Gasteiger partial charge in [0.15, 0.2) is 0 Å². The predicted octanol–water partition coefficient (Wildman–Crippen LogP) is 2.64. The van der Waals surface area contributed by atoms with E-state index in [4.69, 9.17) is 0 Å². The van der Waals surface area contributed by atoms with Crippen LogP contribution in [-0.4, -0.2) is 33.1 Å². The molecule has 0 unspecified atom stereocenters. The van der Waals surface area contributed by atoms with Gasteiger partial charge in [0.05, 0.1) is 27.3 Å². The molecule has 3 aromatic rings. The van der Waals surface area contributed by atoms with E-state index in [-0.39, 0.29) is 16.9 Å². The molecule has 2 aromatic carbocycles. The highest BCUT2D eigenvalue weighted by Gasteiger charge is 2.23. The summed E-state index contributed by atoms with van der Waals surface area (Å²) in [5.74, 6) is -0.557. The Balaban J connectivity index is 1.83. The van der Waals surface area contributed by atoms with Crippen molar-refractivity contribution in [1.82, 2.24) is 9.13 Å². The Kier molecular flexibility index (Phi) is 4.57. The third-order valence-corrected chi connectivity index (χ3v) is 5.43. The molecule has 0 saturated carbocycles. The lowest BCUT2D eigenvalue weighted by Crippen LogP contribution is -2.21. The third-order valence-electron chi connectivity index (χ3n) is 5.43. The van der Waals surface area contributed by atoms with E-state index in [1.807, 2.05) is 6.07 Å². The van der Waals surface area contributed by atoms with E-state index >= 15 is 0 Å². The van der Waals surface area contributed by atoms with E-state index in [1.165, 1.54) is 22.8 Å². The van der Waals surface area contributed by atoms with E-state index < -0.39 is 10.8 Å². The molecule has 9 nitrogen and oxygen atoms in total. The van der Waals surface area contributed by atoms with Crippen molar-refractivity contribution in [2.75, 3.05) is 23.3 Å². The van der Waals surface area contributed by atoms with Crippen molar-refractivity contribution in [3.05, 3.63) is 62.6 Å². The molecule has 1 aliphatic heterocycles. The van der Waals surface area contributed by atoms with E-state index in [0.717, 1.165) is 37.1 Å². The monoisotopic (exact) mass is 395 g/mol. The van der Waals surface area contributed by atoms with Crippen molar-refractivity contribution in [1.29, 1.82) is 0 Å². The van der Waals surface area contributed by atoms with Crippen LogP contribution >= 0.6 is 0 Å². The van der Waals surface area contributed by atoms with Crippen LogP contribution in [-0.2, 0) is 14.1 Å². The fraction of sp³-hybridized carbons (Fsp3) is 0.300. The highest BCUT2D eigenvalue weighted by atomic mass is 16.6. The van der Waals surface area contributed by atoms with Crippen molar-refractivity contribution < 1.29 is 9.72 Å². The van der Waals surface area contributed by atoms with Gasteiger partial charge in [-0.2, -0.15) is 0 Å². The molecule has 29 heavy (non-hydrogen) atoms. The zero-order valence-electron chi connectivity index (χ0n) is 16.2. The normalized spacial score (nSPS) is 13.8. The number of para-hydroxylation sites is 1. The van der Waals surface area contributed by atoms with E-state index in [2.05, 4.69) is 10.2 Å². The first kappa shape index (κ1) is 18.7. The van der Waals surface area contributed by atoms with Crippen LogP contribution in [0.4, 0.5) is 17.1 Å². The molecule has 1 aliphatic rings. The number of carbonyl (C=O) groups excluding carboxylic acids is 1. The number of imidazole rings is 1. The van der Waals surface area contributed by atoms with Crippen LogP contribution in [0.3, 0.4) is 0 Å². The molecule has 1 fully saturated rings. The lowest BCUT2D eigenvalue weighted by Gasteiger charge is -2.22. The number of hydrogen-bond donors (Lipinski definition) is 1. The molecule has 9 heteroatoms. The van der Waals surface area contributed by atoms with Gasteiger partial charge in [-0.25, -0.2) is 4.79 Å². The Bertz CT molecular complexity index is 1190. The van der Waals surface area contributed by atoms with Crippen molar-refractivity contribution >= 4 is 34.0 Å². The smallest absolute Gasteiger partial charge is 0.328 e. The quantitative estimate of drug-likeness (QED) is 0.540. The molecule has 0 spiro atoms. The number of nitro benzene ring substituents is 1. The summed E-state index contributed by atoms with van der Waals surface area (Å²) in [6.45, 7) is 1.70. The molecule has 1 aromatic heterocycles. The summed E-state index contributed by atoms with van der Waals surface area (Å²) in [5.41, 5.74) is 2.37. The Labute approximate surface area is 166 Å². The zero-order valence-corrected chi connectivity index (χ0v) is 16.2. The van der Waals surface area contributed by atoms with Gasteiger partial charge in [0.25, 0.3) is 11.6 Å². The summed E-state index contributed by atoms with van der Waals surface area (Å²) in [7, 11) is 3.39. The highest BCUT2D eigenvalue weighted by Crippen LogP contribution is 2.34. The molecule has 0 atom stereocenters. The van der Waals surface area contributed by atoms with Crippen molar-refractivity contribution in [3.63, 3.8) is 0 Å². The predicted molar refractivity (Wildman–Crippen MR) is 111 cm³/mol. The Morgan fingerprint density at radius 2 is 1.69 bits per heavy atom. The lowest BCUT2D eigenvalue weighted by atomic mass is 10.1. The second-order valence-electron chi connectivity index (χ2n) is 7.18. The molecule has 150 valence electrons. The van der Waals surface area contributed by atoms with Gasteiger partial charge in [-0.15, -0.1) is 0 Å². The van der Waals surface area contributed by atoms with Gasteiger partial charge in [0, 0.05) is 33.3 Å². The number of nitro groups is 1. The number of fused-ring (bicyclic) bond motifs is 1. The van der Waals surface area contributed by atoms with E-state index in [1.54, 1.807) is 30.8 Å². The van der Waals surface area contributed by atoms with E-state index in [0.29, 0.717) is 11.2 Å². The minimum atomic E-state index is -0.569. The molecule has 0 aliphatic carbocycles. The Morgan fingerprint density at radius 1 is 1.07 bits per heavy atom. The van der Waals surface area contributed by atoms with Crippen molar-refractivity contribution in [3.8, 4) is 0 Å². The van der Waals surface area contributed by atoms with Gasteiger partial charge >= 0.3 is 5.69 Å². The number of aromatic nitrogens is 2. The summed E-state index contributed by atoms with van der Waals surface area (Å²) >= 11 is 0. The van der Waals surface area contributed by atoms with Gasteiger partial charge in [-0.3, -0.25) is 24.0 Å². The summed E-state index contributed by atoms with van der Waals surface area (Å²) in [4.78, 5) is 38.1. The van der Waals surface area contributed by atoms with Gasteiger partial charge in [-0.1, -0.05) is 12.1 Å². The number of amides is 1. The largest absolute Gasteiger partial charge is 0.370 e. The molecule has 0 bridgehead atoms. The number of carbonyl (C=O) groups is 1. The summed E-state index contributed by atoms with van der Waals surface area (Å²) < 4.78 is 3.09. The number of nitrogens with one attached hydrogen (secondary N) is 1. The molecule has 0 radical (unpaired) electrons. The Morgan fingerprint density at radius 3 is 2.34 bits per heavy atom. The first-order valence-electron chi connectivity index (χ1n) is 9.37. The highest BCUT2D eigenvalue weighted by molar-refractivity contribution is 6.09. The molecule has 1 amide bonds. The van der Waals surface area contributed by atoms with Gasteiger partial charge in [0.1, 0.15) is 5.56 Å². The van der Waals surface area contributed by atoms with E-state index in [9.17, 15) is 19.7 Å². The first-order valence-corrected chi connectivity index (χ1v) is 9.37. The molecular formula is C20H21N5O4. The number of benzene rings is 2. The molecule has 1 N–H and O–H groups in total. The van der Waals surface area contributed by atoms with Crippen LogP contribution < -0.4 is 15.9 Å². The van der Waals surface area contributed by atoms with Gasteiger partial charge < -0.3 is 10.2 Å². The topological polar surface area (TPSA) is 102 Å². The van der Waals surface area contributed by atoms with Crippen LogP contribution in [0.25, 0.3) is 11.0 Å². The minimum Gasteiger partial charge on any atom is -0.370 e. The van der Waals surface area contributed by atoms with Crippen LogP contribution in [0.2, 0.25) is 0 Å². The van der Waals surface area contributed by atoms with Crippen molar-refractivity contribution in [2.24, 2.45) is 14.1 Å². The van der Waals surface area contributed by atoms with Crippen LogP contribution in [0.15, 0.2) is 41.2 Å². The fourth-order valence-corrected chi connectivity index (χ4v) is 3.87. The van der Waals surface area contributed by atoms with Crippen LogP contribution in [0.1, 0.15) is 23.2 Å². The van der Waals surface area contributed by atoms with Crippen LogP contribution in [0.5, 0.6) is 0 Å². The molecule has 1 saturated heterocycles. The zero-order chi connectivity index (χ0) is 20.7. The van der Waals surface area contributed by atoms with Crippen molar-refractivity contribution in [2.45, 2.75) is 12.8 Å².